The van der Waals surface area contributed by atoms with Gasteiger partial charge in [-0.25, -0.2) is 0 Å². The van der Waals surface area contributed by atoms with Crippen molar-refractivity contribution in [2.24, 2.45) is 4.99 Å². The van der Waals surface area contributed by atoms with E-state index in [4.69, 9.17) is 9.47 Å². The van der Waals surface area contributed by atoms with Crippen LogP contribution in [0.5, 0.6) is 11.5 Å². The minimum atomic E-state index is -0.0564. The number of hydrogen-bond acceptors (Lipinski definition) is 5. The first-order chi connectivity index (χ1) is 13.9. The molecule has 8 heteroatoms. The van der Waals surface area contributed by atoms with Gasteiger partial charge in [0.05, 0.1) is 15.1 Å². The molecule has 0 atom stereocenters. The summed E-state index contributed by atoms with van der Waals surface area (Å²) in [6.45, 7) is 2.90. The lowest BCUT2D eigenvalue weighted by Crippen LogP contribution is -2.23. The molecule has 0 spiro atoms. The topological polar surface area (TPSA) is 51.1 Å². The van der Waals surface area contributed by atoms with Gasteiger partial charge in [0.15, 0.2) is 16.7 Å². The van der Waals surface area contributed by atoms with Crippen LogP contribution in [0.25, 0.3) is 6.08 Å². The Labute approximate surface area is 196 Å². The van der Waals surface area contributed by atoms with Crippen LogP contribution in [0, 0.1) is 3.57 Å². The third kappa shape index (κ3) is 5.35. The Bertz CT molecular complexity index is 977. The molecule has 0 saturated carbocycles. The maximum atomic E-state index is 12.4. The van der Waals surface area contributed by atoms with E-state index >= 15 is 0 Å². The molecule has 1 saturated heterocycles. The largest absolute Gasteiger partial charge is 0.490 e. The van der Waals surface area contributed by atoms with Crippen LogP contribution in [-0.2, 0) is 11.4 Å². The predicted molar refractivity (Wildman–Crippen MR) is 130 cm³/mol. The molecule has 152 valence electrons. The Morgan fingerprint density at radius 3 is 2.59 bits per heavy atom. The Balaban J connectivity index is 1.87. The van der Waals surface area contributed by atoms with Crippen LogP contribution < -0.4 is 9.47 Å². The number of thioether (sulfide) groups is 1. The van der Waals surface area contributed by atoms with Crippen LogP contribution in [0.1, 0.15) is 18.1 Å². The number of amidine groups is 1. The zero-order valence-electron chi connectivity index (χ0n) is 16.2. The summed E-state index contributed by atoms with van der Waals surface area (Å²) in [7, 11) is 3.41. The van der Waals surface area contributed by atoms with E-state index in [-0.39, 0.29) is 5.91 Å². The molecule has 1 heterocycles. The van der Waals surface area contributed by atoms with E-state index in [1.54, 1.807) is 19.0 Å². The number of carbonyl (C=O) groups excluding carboxylic acids is 1. The van der Waals surface area contributed by atoms with Gasteiger partial charge in [0, 0.05) is 18.6 Å². The van der Waals surface area contributed by atoms with Crippen molar-refractivity contribution in [3.8, 4) is 11.5 Å². The average Bonchev–Trinajstić information content (AvgIpc) is 2.97. The lowest BCUT2D eigenvalue weighted by atomic mass is 10.1. The highest BCUT2D eigenvalue weighted by Crippen LogP contribution is 2.37. The van der Waals surface area contributed by atoms with Gasteiger partial charge >= 0.3 is 0 Å². The molecule has 1 fully saturated rings. The second-order valence-electron chi connectivity index (χ2n) is 6.16. The van der Waals surface area contributed by atoms with Crippen molar-refractivity contribution in [1.29, 1.82) is 0 Å². The summed E-state index contributed by atoms with van der Waals surface area (Å²) in [5.41, 5.74) is 1.95. The van der Waals surface area contributed by atoms with E-state index < -0.39 is 0 Å². The van der Waals surface area contributed by atoms with Crippen molar-refractivity contribution in [3.05, 3.63) is 60.5 Å². The van der Waals surface area contributed by atoms with Gasteiger partial charge in [0.25, 0.3) is 5.91 Å². The van der Waals surface area contributed by atoms with Gasteiger partial charge < -0.3 is 9.47 Å². The molecule has 1 aliphatic rings. The summed E-state index contributed by atoms with van der Waals surface area (Å²) < 4.78 is 13.9. The number of carbonyl (C=O) groups is 1. The molecule has 0 bridgehead atoms. The van der Waals surface area contributed by atoms with Gasteiger partial charge in [-0.2, -0.15) is 0 Å². The fourth-order valence-electron chi connectivity index (χ4n) is 2.71. The highest BCUT2D eigenvalue weighted by Gasteiger charge is 2.29. The van der Waals surface area contributed by atoms with Gasteiger partial charge in [-0.3, -0.25) is 14.7 Å². The van der Waals surface area contributed by atoms with Crippen LogP contribution >= 0.6 is 50.3 Å². The van der Waals surface area contributed by atoms with Crippen molar-refractivity contribution in [2.75, 3.05) is 20.7 Å². The number of ether oxygens (including phenoxy) is 2. The van der Waals surface area contributed by atoms with Crippen molar-refractivity contribution in [2.45, 2.75) is 13.5 Å². The number of rotatable bonds is 6. The molecule has 1 amide bonds. The number of nitrogens with zero attached hydrogens (tertiary/aromatic N) is 2. The SMILES string of the molecule is CCOc1cc(/C=C2/SC(=NC)N(C)C2=O)cc(I)c1OCc1ccc(Br)cc1. The van der Waals surface area contributed by atoms with Gasteiger partial charge in [-0.15, -0.1) is 0 Å². The van der Waals surface area contributed by atoms with Crippen LogP contribution in [0.3, 0.4) is 0 Å². The fraction of sp³-hybridized carbons (Fsp3) is 0.238. The van der Waals surface area contributed by atoms with Gasteiger partial charge in [0.1, 0.15) is 6.61 Å². The third-order valence-electron chi connectivity index (χ3n) is 4.12. The minimum Gasteiger partial charge on any atom is -0.490 e. The predicted octanol–water partition coefficient (Wildman–Crippen LogP) is 5.56. The maximum absolute atomic E-state index is 12.4. The molecule has 0 radical (unpaired) electrons. The summed E-state index contributed by atoms with van der Waals surface area (Å²) in [6, 6.07) is 11.9. The Hall–Kier alpha value is -1.52. The van der Waals surface area contributed by atoms with Crippen molar-refractivity contribution in [1.82, 2.24) is 4.90 Å². The molecule has 2 aromatic rings. The molecule has 0 N–H and O–H groups in total. The fourth-order valence-corrected chi connectivity index (χ4v) is 4.68. The van der Waals surface area contributed by atoms with Gasteiger partial charge in [-0.1, -0.05) is 28.1 Å². The number of amides is 1. The quantitative estimate of drug-likeness (QED) is 0.328. The number of likely N-dealkylation sites (N-methyl/N-ethyl adjacent to an activating group) is 1. The van der Waals surface area contributed by atoms with E-state index in [9.17, 15) is 4.79 Å². The average molecular weight is 587 g/mol. The van der Waals surface area contributed by atoms with Crippen LogP contribution in [-0.4, -0.2) is 36.7 Å². The molecular formula is C21H20BrIN2O3S. The number of halogens is 2. The first-order valence-electron chi connectivity index (χ1n) is 8.91. The third-order valence-corrected chi connectivity index (χ3v) is 6.60. The maximum Gasteiger partial charge on any atom is 0.266 e. The second kappa shape index (κ2) is 9.99. The van der Waals surface area contributed by atoms with Crippen molar-refractivity contribution >= 4 is 67.4 Å². The molecule has 3 rings (SSSR count). The van der Waals surface area contributed by atoms with Crippen LogP contribution in [0.4, 0.5) is 0 Å². The monoisotopic (exact) mass is 586 g/mol. The van der Waals surface area contributed by atoms with Crippen molar-refractivity contribution in [3.63, 3.8) is 0 Å². The van der Waals surface area contributed by atoms with E-state index in [0.29, 0.717) is 34.8 Å². The molecule has 5 nitrogen and oxygen atoms in total. The van der Waals surface area contributed by atoms with Gasteiger partial charge in [-0.05, 0) is 82.7 Å². The molecular weight excluding hydrogens is 567 g/mol. The molecule has 29 heavy (non-hydrogen) atoms. The second-order valence-corrected chi connectivity index (χ2v) is 9.25. The molecule has 0 aliphatic carbocycles. The zero-order valence-corrected chi connectivity index (χ0v) is 20.8. The first-order valence-corrected chi connectivity index (χ1v) is 11.6. The van der Waals surface area contributed by atoms with E-state index in [2.05, 4.69) is 43.5 Å². The number of aliphatic imine (C=N–C) groups is 1. The molecule has 0 aromatic heterocycles. The molecule has 2 aromatic carbocycles. The zero-order chi connectivity index (χ0) is 21.0. The first kappa shape index (κ1) is 22.2. The van der Waals surface area contributed by atoms with Crippen LogP contribution in [0.15, 0.2) is 50.8 Å². The summed E-state index contributed by atoms with van der Waals surface area (Å²) in [6.07, 6.45) is 1.87. The smallest absolute Gasteiger partial charge is 0.266 e. The normalized spacial score (nSPS) is 16.7. The summed E-state index contributed by atoms with van der Waals surface area (Å²) in [5, 5.41) is 0.690. The van der Waals surface area contributed by atoms with Crippen molar-refractivity contribution < 1.29 is 14.3 Å². The Morgan fingerprint density at radius 1 is 1.24 bits per heavy atom. The van der Waals surface area contributed by atoms with E-state index in [1.807, 2.05) is 49.4 Å². The van der Waals surface area contributed by atoms with Gasteiger partial charge in [0.2, 0.25) is 0 Å². The highest BCUT2D eigenvalue weighted by molar-refractivity contribution is 14.1. The molecule has 1 aliphatic heterocycles. The summed E-state index contributed by atoms with van der Waals surface area (Å²) in [5.74, 6) is 1.31. The number of hydrogen-bond donors (Lipinski definition) is 0. The number of benzene rings is 2. The van der Waals surface area contributed by atoms with Crippen LogP contribution in [0.2, 0.25) is 0 Å². The highest BCUT2D eigenvalue weighted by atomic mass is 127. The standard InChI is InChI=1S/C21H20BrIN2O3S/c1-4-27-17-10-14(11-18-20(26)25(3)21(24-2)29-18)9-16(23)19(17)28-12-13-5-7-15(22)8-6-13/h5-11H,4,12H2,1-3H3/b18-11+,24-21?. The lowest BCUT2D eigenvalue weighted by molar-refractivity contribution is -0.121. The van der Waals surface area contributed by atoms with E-state index in [1.165, 1.54) is 11.8 Å². The lowest BCUT2D eigenvalue weighted by Gasteiger charge is -2.15. The van der Waals surface area contributed by atoms with E-state index in [0.717, 1.165) is 19.2 Å². The summed E-state index contributed by atoms with van der Waals surface area (Å²) >= 11 is 7.05. The minimum absolute atomic E-state index is 0.0564. The Morgan fingerprint density at radius 2 is 1.97 bits per heavy atom. The summed E-state index contributed by atoms with van der Waals surface area (Å²) in [4.78, 5) is 18.8. The molecule has 0 unspecified atom stereocenters. The Kier molecular flexibility index (Phi) is 7.64.